The third-order valence-corrected chi connectivity index (χ3v) is 4.39. The molecule has 0 aromatic heterocycles. The average Bonchev–Trinajstić information content (AvgIpc) is 3.17. The summed E-state index contributed by atoms with van der Waals surface area (Å²) in [7, 11) is 0. The smallest absolute Gasteiger partial charge is 0.328 e. The van der Waals surface area contributed by atoms with Crippen molar-refractivity contribution in [1.29, 1.82) is 0 Å². The summed E-state index contributed by atoms with van der Waals surface area (Å²) in [6.07, 6.45) is 0.887. The number of aliphatic hydroxyl groups excluding tert-OH is 1. The van der Waals surface area contributed by atoms with Gasteiger partial charge in [-0.25, -0.2) is 4.79 Å². The first-order valence-electron chi connectivity index (χ1n) is 8.56. The van der Waals surface area contributed by atoms with Gasteiger partial charge in [-0.1, -0.05) is 0 Å². The van der Waals surface area contributed by atoms with Gasteiger partial charge in [0.25, 0.3) is 0 Å². The Morgan fingerprint density at radius 2 is 1.68 bits per heavy atom. The molecule has 0 aromatic carbocycles. The number of nitrogens with one attached hydrogen (secondary N) is 4. The zero-order chi connectivity index (χ0) is 21.3. The van der Waals surface area contributed by atoms with E-state index in [9.17, 15) is 24.0 Å². The molecule has 4 amide bonds. The minimum atomic E-state index is -1.55. The number of carbonyl (C=O) groups is 5. The summed E-state index contributed by atoms with van der Waals surface area (Å²) in [5.74, 6) is -4.71. The number of thiol groups is 1. The van der Waals surface area contributed by atoms with Crippen molar-refractivity contribution < 1.29 is 34.2 Å². The first kappa shape index (κ1) is 23.7. The zero-order valence-electron chi connectivity index (χ0n) is 15.0. The van der Waals surface area contributed by atoms with Crippen molar-refractivity contribution in [3.8, 4) is 0 Å². The van der Waals surface area contributed by atoms with Gasteiger partial charge < -0.3 is 37.2 Å². The zero-order valence-corrected chi connectivity index (χ0v) is 15.9. The van der Waals surface area contributed by atoms with Crippen molar-refractivity contribution in [2.45, 2.75) is 43.4 Å². The number of aliphatic carboxylic acids is 1. The summed E-state index contributed by atoms with van der Waals surface area (Å²) in [6, 6.07) is -4.62. The number of amides is 4. The molecule has 0 aliphatic carbocycles. The van der Waals surface area contributed by atoms with Crippen LogP contribution < -0.4 is 27.0 Å². The molecular formula is C15H25N5O7S. The molecule has 4 unspecified atom stereocenters. The highest BCUT2D eigenvalue weighted by Crippen LogP contribution is 2.06. The van der Waals surface area contributed by atoms with Crippen LogP contribution in [0, 0.1) is 0 Å². The van der Waals surface area contributed by atoms with E-state index in [0.717, 1.165) is 6.42 Å². The van der Waals surface area contributed by atoms with E-state index in [1.165, 1.54) is 0 Å². The van der Waals surface area contributed by atoms with Crippen LogP contribution in [-0.2, 0) is 24.0 Å². The molecular weight excluding hydrogens is 394 g/mol. The Kier molecular flexibility index (Phi) is 9.68. The molecule has 0 saturated carbocycles. The van der Waals surface area contributed by atoms with Gasteiger partial charge in [-0.2, -0.15) is 12.6 Å². The van der Waals surface area contributed by atoms with Crippen LogP contribution in [0.3, 0.4) is 0 Å². The Bertz CT molecular complexity index is 612. The standard InChI is InChI=1S/C15H25N5O7S/c16-11(22)4-8(18-12(23)7-2-1-3-17-7)13(24)20-10(6-28)14(25)19-9(5-21)15(26)27/h7-10,17,21,28H,1-6H2,(H2,16,22)(H,18,23)(H,19,25)(H,20,24)(H,26,27). The van der Waals surface area contributed by atoms with Crippen LogP contribution in [0.25, 0.3) is 0 Å². The van der Waals surface area contributed by atoms with Crippen molar-refractivity contribution in [3.05, 3.63) is 0 Å². The lowest BCUT2D eigenvalue weighted by atomic mass is 10.1. The van der Waals surface area contributed by atoms with Crippen LogP contribution in [0.5, 0.6) is 0 Å². The minimum absolute atomic E-state index is 0.198. The number of primary amides is 1. The second kappa shape index (κ2) is 11.5. The van der Waals surface area contributed by atoms with Gasteiger partial charge in [0.15, 0.2) is 0 Å². The first-order valence-corrected chi connectivity index (χ1v) is 9.20. The van der Waals surface area contributed by atoms with Gasteiger partial charge >= 0.3 is 5.97 Å². The fraction of sp³-hybridized carbons (Fsp3) is 0.667. The largest absolute Gasteiger partial charge is 0.480 e. The lowest BCUT2D eigenvalue weighted by Gasteiger charge is -2.23. The maximum absolute atomic E-state index is 12.5. The highest BCUT2D eigenvalue weighted by Gasteiger charge is 2.31. The molecule has 1 aliphatic heterocycles. The highest BCUT2D eigenvalue weighted by atomic mass is 32.1. The van der Waals surface area contributed by atoms with Crippen molar-refractivity contribution in [3.63, 3.8) is 0 Å². The Balaban J connectivity index is 2.76. The average molecular weight is 419 g/mol. The molecule has 1 rings (SSSR count). The molecule has 1 fully saturated rings. The van der Waals surface area contributed by atoms with Crippen LogP contribution in [0.2, 0.25) is 0 Å². The number of aliphatic hydroxyl groups is 1. The van der Waals surface area contributed by atoms with E-state index < -0.39 is 66.8 Å². The number of carboxylic acids is 1. The van der Waals surface area contributed by atoms with E-state index in [4.69, 9.17) is 15.9 Å². The van der Waals surface area contributed by atoms with Crippen LogP contribution in [0.4, 0.5) is 0 Å². The Hall–Kier alpha value is -2.38. The molecule has 158 valence electrons. The highest BCUT2D eigenvalue weighted by molar-refractivity contribution is 7.80. The molecule has 1 aliphatic rings. The van der Waals surface area contributed by atoms with Gasteiger partial charge in [-0.15, -0.1) is 0 Å². The molecule has 28 heavy (non-hydrogen) atoms. The monoisotopic (exact) mass is 419 g/mol. The molecule has 1 saturated heterocycles. The fourth-order valence-corrected chi connectivity index (χ4v) is 2.77. The van der Waals surface area contributed by atoms with Gasteiger partial charge in [-0.05, 0) is 19.4 Å². The normalized spacial score (nSPS) is 19.1. The van der Waals surface area contributed by atoms with E-state index in [-0.39, 0.29) is 5.75 Å². The summed E-state index contributed by atoms with van der Waals surface area (Å²) in [5.41, 5.74) is 5.13. The molecule has 4 atom stereocenters. The van der Waals surface area contributed by atoms with Crippen LogP contribution >= 0.6 is 12.6 Å². The first-order chi connectivity index (χ1) is 13.2. The van der Waals surface area contributed by atoms with Crippen molar-refractivity contribution in [1.82, 2.24) is 21.3 Å². The molecule has 8 N–H and O–H groups in total. The minimum Gasteiger partial charge on any atom is -0.480 e. The summed E-state index contributed by atoms with van der Waals surface area (Å²) in [4.78, 5) is 58.9. The van der Waals surface area contributed by atoms with Crippen molar-refractivity contribution >= 4 is 42.2 Å². The van der Waals surface area contributed by atoms with Crippen LogP contribution in [0.15, 0.2) is 0 Å². The number of hydrogen-bond acceptors (Lipinski definition) is 8. The predicted molar refractivity (Wildman–Crippen MR) is 99.2 cm³/mol. The molecule has 1 heterocycles. The van der Waals surface area contributed by atoms with Gasteiger partial charge in [0.1, 0.15) is 18.1 Å². The lowest BCUT2D eigenvalue weighted by molar-refractivity contribution is -0.143. The third kappa shape index (κ3) is 7.32. The predicted octanol–water partition coefficient (Wildman–Crippen LogP) is -3.93. The number of hydrogen-bond donors (Lipinski definition) is 8. The maximum Gasteiger partial charge on any atom is 0.328 e. The van der Waals surface area contributed by atoms with Crippen molar-refractivity contribution in [2.24, 2.45) is 5.73 Å². The topological polar surface area (TPSA) is 200 Å². The van der Waals surface area contributed by atoms with E-state index in [2.05, 4.69) is 28.6 Å². The van der Waals surface area contributed by atoms with E-state index in [0.29, 0.717) is 13.0 Å². The molecule has 13 heteroatoms. The SMILES string of the molecule is NC(=O)CC(NC(=O)C1CCCN1)C(=O)NC(CS)C(=O)NC(CO)C(=O)O. The third-order valence-electron chi connectivity index (χ3n) is 4.03. The number of nitrogens with two attached hydrogens (primary N) is 1. The number of rotatable bonds is 11. The summed E-state index contributed by atoms with van der Waals surface area (Å²) < 4.78 is 0. The summed E-state index contributed by atoms with van der Waals surface area (Å²) >= 11 is 3.94. The van der Waals surface area contributed by atoms with E-state index in [1.807, 2.05) is 5.32 Å². The second-order valence-corrected chi connectivity index (χ2v) is 6.57. The van der Waals surface area contributed by atoms with Gasteiger partial charge in [0.2, 0.25) is 23.6 Å². The number of carbonyl (C=O) groups excluding carboxylic acids is 4. The molecule has 0 bridgehead atoms. The number of carboxylic acid groups (broad SMARTS) is 1. The quantitative estimate of drug-likeness (QED) is 0.155. The second-order valence-electron chi connectivity index (χ2n) is 6.21. The van der Waals surface area contributed by atoms with Crippen LogP contribution in [0.1, 0.15) is 19.3 Å². The molecule has 0 radical (unpaired) electrons. The van der Waals surface area contributed by atoms with Gasteiger partial charge in [0, 0.05) is 5.75 Å². The Morgan fingerprint density at radius 3 is 2.14 bits per heavy atom. The summed E-state index contributed by atoms with van der Waals surface area (Å²) in [5, 5.41) is 27.5. The van der Waals surface area contributed by atoms with E-state index >= 15 is 0 Å². The van der Waals surface area contributed by atoms with Crippen molar-refractivity contribution in [2.75, 3.05) is 18.9 Å². The molecule has 12 nitrogen and oxygen atoms in total. The Labute approximate surface area is 166 Å². The summed E-state index contributed by atoms with van der Waals surface area (Å²) in [6.45, 7) is -0.189. The van der Waals surface area contributed by atoms with Gasteiger partial charge in [-0.3, -0.25) is 19.2 Å². The van der Waals surface area contributed by atoms with Gasteiger partial charge in [0.05, 0.1) is 19.1 Å². The lowest BCUT2D eigenvalue weighted by Crippen LogP contribution is -2.58. The van der Waals surface area contributed by atoms with Crippen LogP contribution in [-0.4, -0.2) is 82.9 Å². The fourth-order valence-electron chi connectivity index (χ4n) is 2.52. The molecule has 0 aromatic rings. The van der Waals surface area contributed by atoms with E-state index in [1.54, 1.807) is 0 Å². The Morgan fingerprint density at radius 1 is 1.07 bits per heavy atom. The maximum atomic E-state index is 12.5. The molecule has 0 spiro atoms.